The molecule has 1 aliphatic heterocycles. The molecule has 96 valence electrons. The van der Waals surface area contributed by atoms with Crippen LogP contribution < -0.4 is 4.90 Å². The van der Waals surface area contributed by atoms with Crippen molar-refractivity contribution in [3.63, 3.8) is 0 Å². The van der Waals surface area contributed by atoms with E-state index in [-0.39, 0.29) is 0 Å². The molecule has 0 bridgehead atoms. The van der Waals surface area contributed by atoms with Gasteiger partial charge in [0.05, 0.1) is 5.71 Å². The normalized spacial score (nSPS) is 13.9. The van der Waals surface area contributed by atoms with Crippen LogP contribution in [0, 0.1) is 11.8 Å². The van der Waals surface area contributed by atoms with Crippen molar-refractivity contribution in [3.8, 4) is 11.8 Å². The number of anilines is 1. The van der Waals surface area contributed by atoms with E-state index in [9.17, 15) is 0 Å². The van der Waals surface area contributed by atoms with Gasteiger partial charge in [0.1, 0.15) is 0 Å². The molecule has 1 heterocycles. The molecule has 1 aromatic rings. The maximum Gasteiger partial charge on any atom is 0.0577 e. The van der Waals surface area contributed by atoms with Crippen molar-refractivity contribution >= 4 is 11.4 Å². The lowest BCUT2D eigenvalue weighted by molar-refractivity contribution is 0.996. The largest absolute Gasteiger partial charge is 0.378 e. The predicted molar refractivity (Wildman–Crippen MR) is 82.8 cm³/mol. The van der Waals surface area contributed by atoms with Gasteiger partial charge in [-0.05, 0) is 48.9 Å². The molecule has 0 atom stereocenters. The summed E-state index contributed by atoms with van der Waals surface area (Å²) >= 11 is 0. The van der Waals surface area contributed by atoms with E-state index in [0.29, 0.717) is 0 Å². The molecule has 0 aliphatic carbocycles. The molecular formula is C17H18N2. The fraction of sp³-hybridized carbons (Fsp3) is 0.235. The first-order valence-corrected chi connectivity index (χ1v) is 6.42. The number of rotatable bonds is 2. The molecule has 2 nitrogen and oxygen atoms in total. The van der Waals surface area contributed by atoms with E-state index in [1.54, 1.807) is 0 Å². The minimum atomic E-state index is 0.885. The van der Waals surface area contributed by atoms with Crippen LogP contribution in [-0.2, 0) is 0 Å². The number of hydrogen-bond acceptors (Lipinski definition) is 2. The molecule has 0 spiro atoms. The Morgan fingerprint density at radius 1 is 1.21 bits per heavy atom. The van der Waals surface area contributed by atoms with Gasteiger partial charge >= 0.3 is 0 Å². The summed E-state index contributed by atoms with van der Waals surface area (Å²) in [6, 6.07) is 8.21. The number of benzene rings is 1. The van der Waals surface area contributed by atoms with Gasteiger partial charge in [-0.15, -0.1) is 0 Å². The van der Waals surface area contributed by atoms with Crippen LogP contribution in [-0.4, -0.2) is 26.4 Å². The zero-order valence-corrected chi connectivity index (χ0v) is 11.4. The van der Waals surface area contributed by atoms with Crippen molar-refractivity contribution in [2.45, 2.75) is 6.42 Å². The van der Waals surface area contributed by atoms with Gasteiger partial charge < -0.3 is 4.90 Å². The molecule has 0 saturated carbocycles. The standard InChI is InChI=1S/C17H18N2/c1-19(2)17-12-10-15(11-13-17)7-3-4-8-16-9-5-6-14-18-16/h4-5,8-13H,6,14H2,1-2H3/b8-4+. The predicted octanol–water partition coefficient (Wildman–Crippen LogP) is 3.06. The molecule has 0 unspecified atom stereocenters. The highest BCUT2D eigenvalue weighted by Gasteiger charge is 1.93. The quantitative estimate of drug-likeness (QED) is 0.737. The average Bonchev–Trinajstić information content (AvgIpc) is 2.45. The Labute approximate surface area is 115 Å². The van der Waals surface area contributed by atoms with Crippen LogP contribution >= 0.6 is 0 Å². The van der Waals surface area contributed by atoms with E-state index in [4.69, 9.17) is 0 Å². The molecule has 2 heteroatoms. The van der Waals surface area contributed by atoms with Gasteiger partial charge in [0.15, 0.2) is 0 Å². The lowest BCUT2D eigenvalue weighted by Crippen LogP contribution is -2.07. The van der Waals surface area contributed by atoms with Gasteiger partial charge in [-0.25, -0.2) is 0 Å². The van der Waals surface area contributed by atoms with E-state index in [1.165, 1.54) is 5.69 Å². The highest BCUT2D eigenvalue weighted by molar-refractivity contribution is 6.04. The SMILES string of the molecule is CN(C)c1ccc(C#C/C=C/C2=NCCC=C2)cc1. The van der Waals surface area contributed by atoms with Crippen molar-refractivity contribution in [3.05, 3.63) is 54.1 Å². The van der Waals surface area contributed by atoms with Crippen molar-refractivity contribution < 1.29 is 0 Å². The number of allylic oxidation sites excluding steroid dienone is 3. The first kappa shape index (κ1) is 13.2. The van der Waals surface area contributed by atoms with Gasteiger partial charge in [-0.3, -0.25) is 4.99 Å². The number of aliphatic imine (C=N–C) groups is 1. The monoisotopic (exact) mass is 250 g/mol. The van der Waals surface area contributed by atoms with Crippen molar-refractivity contribution in [2.24, 2.45) is 4.99 Å². The van der Waals surface area contributed by atoms with E-state index in [0.717, 1.165) is 24.2 Å². The lowest BCUT2D eigenvalue weighted by Gasteiger charge is -2.11. The fourth-order valence-electron chi connectivity index (χ4n) is 1.73. The second-order valence-electron chi connectivity index (χ2n) is 4.54. The second-order valence-corrected chi connectivity index (χ2v) is 4.54. The van der Waals surface area contributed by atoms with Gasteiger partial charge in [-0.1, -0.05) is 17.9 Å². The minimum Gasteiger partial charge on any atom is -0.378 e. The van der Waals surface area contributed by atoms with Crippen molar-refractivity contribution in [2.75, 3.05) is 25.5 Å². The van der Waals surface area contributed by atoms with Crippen LogP contribution in [0.5, 0.6) is 0 Å². The molecule has 0 N–H and O–H groups in total. The third kappa shape index (κ3) is 4.15. The highest BCUT2D eigenvalue weighted by Crippen LogP contribution is 2.11. The second kappa shape index (κ2) is 6.61. The Morgan fingerprint density at radius 3 is 2.63 bits per heavy atom. The molecule has 1 aromatic carbocycles. The zero-order chi connectivity index (χ0) is 13.5. The maximum atomic E-state index is 4.37. The first-order valence-electron chi connectivity index (χ1n) is 6.42. The summed E-state index contributed by atoms with van der Waals surface area (Å²) in [5.41, 5.74) is 3.21. The molecular weight excluding hydrogens is 232 g/mol. The molecule has 0 amide bonds. The summed E-state index contributed by atoms with van der Waals surface area (Å²) < 4.78 is 0. The van der Waals surface area contributed by atoms with E-state index in [1.807, 2.05) is 44.5 Å². The van der Waals surface area contributed by atoms with Gasteiger partial charge in [-0.2, -0.15) is 0 Å². The Hall–Kier alpha value is -2.27. The van der Waals surface area contributed by atoms with E-state index >= 15 is 0 Å². The summed E-state index contributed by atoms with van der Waals surface area (Å²) in [4.78, 5) is 6.45. The topological polar surface area (TPSA) is 15.6 Å². The molecule has 2 rings (SSSR count). The van der Waals surface area contributed by atoms with Crippen molar-refractivity contribution in [1.29, 1.82) is 0 Å². The highest BCUT2D eigenvalue weighted by atomic mass is 15.1. The third-order valence-electron chi connectivity index (χ3n) is 2.82. The van der Waals surface area contributed by atoms with E-state index in [2.05, 4.69) is 39.9 Å². The molecule has 1 aliphatic rings. The average molecular weight is 250 g/mol. The molecule has 19 heavy (non-hydrogen) atoms. The summed E-state index contributed by atoms with van der Waals surface area (Å²) in [5, 5.41) is 0. The summed E-state index contributed by atoms with van der Waals surface area (Å²) in [5.74, 6) is 6.15. The molecule has 0 aromatic heterocycles. The van der Waals surface area contributed by atoms with E-state index < -0.39 is 0 Å². The summed E-state index contributed by atoms with van der Waals surface area (Å²) in [6.07, 6.45) is 9.03. The number of nitrogens with zero attached hydrogens (tertiary/aromatic N) is 2. The summed E-state index contributed by atoms with van der Waals surface area (Å²) in [7, 11) is 4.06. The minimum absolute atomic E-state index is 0.885. The van der Waals surface area contributed by atoms with Crippen molar-refractivity contribution in [1.82, 2.24) is 0 Å². The van der Waals surface area contributed by atoms with Crippen LogP contribution in [0.4, 0.5) is 5.69 Å². The van der Waals surface area contributed by atoms with Crippen LogP contribution in [0.25, 0.3) is 0 Å². The Kier molecular flexibility index (Phi) is 4.58. The first-order chi connectivity index (χ1) is 9.25. The third-order valence-corrected chi connectivity index (χ3v) is 2.82. The Balaban J connectivity index is 1.98. The maximum absolute atomic E-state index is 4.37. The van der Waals surface area contributed by atoms with Crippen LogP contribution in [0.3, 0.4) is 0 Å². The Bertz CT molecular complexity index is 564. The van der Waals surface area contributed by atoms with Crippen LogP contribution in [0.2, 0.25) is 0 Å². The number of dihydropyridines is 1. The van der Waals surface area contributed by atoms with Gasteiger partial charge in [0.2, 0.25) is 0 Å². The lowest BCUT2D eigenvalue weighted by atomic mass is 10.2. The number of hydrogen-bond donors (Lipinski definition) is 0. The molecule has 0 fully saturated rings. The smallest absolute Gasteiger partial charge is 0.0577 e. The molecule has 0 radical (unpaired) electrons. The van der Waals surface area contributed by atoms with Gasteiger partial charge in [0, 0.05) is 31.9 Å². The van der Waals surface area contributed by atoms with Crippen LogP contribution in [0.15, 0.2) is 53.6 Å². The zero-order valence-electron chi connectivity index (χ0n) is 11.4. The van der Waals surface area contributed by atoms with Gasteiger partial charge in [0.25, 0.3) is 0 Å². The summed E-state index contributed by atoms with van der Waals surface area (Å²) in [6.45, 7) is 0.885. The Morgan fingerprint density at radius 2 is 2.00 bits per heavy atom. The fourth-order valence-corrected chi connectivity index (χ4v) is 1.73. The molecule has 0 saturated heterocycles. The van der Waals surface area contributed by atoms with Crippen LogP contribution in [0.1, 0.15) is 12.0 Å².